The van der Waals surface area contributed by atoms with E-state index in [2.05, 4.69) is 15.2 Å². The average Bonchev–Trinajstić information content (AvgIpc) is 3.39. The highest BCUT2D eigenvalue weighted by molar-refractivity contribution is 6.04. The molecule has 1 aromatic carbocycles. The van der Waals surface area contributed by atoms with E-state index < -0.39 is 0 Å². The van der Waals surface area contributed by atoms with E-state index >= 15 is 0 Å². The number of piperidine rings is 1. The lowest BCUT2D eigenvalue weighted by Gasteiger charge is -2.31. The van der Waals surface area contributed by atoms with Crippen molar-refractivity contribution in [3.8, 4) is 11.5 Å². The highest BCUT2D eigenvalue weighted by Crippen LogP contribution is 2.28. The number of imidazole rings is 1. The molecule has 1 fully saturated rings. The number of hydrogen-bond donors (Lipinski definition) is 1. The molecule has 152 valence electrons. The first-order valence-electron chi connectivity index (χ1n) is 10.2. The van der Waals surface area contributed by atoms with Crippen molar-refractivity contribution in [3.05, 3.63) is 59.9 Å². The van der Waals surface area contributed by atoms with Crippen LogP contribution in [0.15, 0.2) is 42.7 Å². The Kier molecular flexibility index (Phi) is 4.54. The zero-order valence-electron chi connectivity index (χ0n) is 17.0. The fourth-order valence-electron chi connectivity index (χ4n) is 4.15. The molecule has 0 unspecified atom stereocenters. The third-order valence-corrected chi connectivity index (χ3v) is 5.67. The van der Waals surface area contributed by atoms with Gasteiger partial charge >= 0.3 is 0 Å². The molecule has 1 aliphatic heterocycles. The van der Waals surface area contributed by atoms with Crippen molar-refractivity contribution in [2.45, 2.75) is 25.7 Å². The second kappa shape index (κ2) is 7.37. The van der Waals surface area contributed by atoms with Crippen LogP contribution in [0.2, 0.25) is 0 Å². The Morgan fingerprint density at radius 2 is 2.10 bits per heavy atom. The van der Waals surface area contributed by atoms with Gasteiger partial charge in [0.15, 0.2) is 11.5 Å². The Hall–Kier alpha value is -3.55. The maximum atomic E-state index is 13.2. The van der Waals surface area contributed by atoms with E-state index in [-0.39, 0.29) is 11.8 Å². The summed E-state index contributed by atoms with van der Waals surface area (Å²) in [4.78, 5) is 29.0. The van der Waals surface area contributed by atoms with Crippen molar-refractivity contribution in [3.63, 3.8) is 0 Å². The van der Waals surface area contributed by atoms with Gasteiger partial charge in [0.25, 0.3) is 5.91 Å². The van der Waals surface area contributed by atoms with Gasteiger partial charge in [-0.3, -0.25) is 9.89 Å². The highest BCUT2D eigenvalue weighted by atomic mass is 16.2. The zero-order chi connectivity index (χ0) is 20.7. The van der Waals surface area contributed by atoms with E-state index in [9.17, 15) is 4.79 Å². The minimum Gasteiger partial charge on any atom is -0.337 e. The van der Waals surface area contributed by atoms with Gasteiger partial charge in [0.1, 0.15) is 11.5 Å². The molecule has 8 heteroatoms. The van der Waals surface area contributed by atoms with Gasteiger partial charge in [-0.05, 0) is 31.9 Å². The first-order valence-corrected chi connectivity index (χ1v) is 10.2. The van der Waals surface area contributed by atoms with Crippen molar-refractivity contribution in [1.82, 2.24) is 34.6 Å². The number of carbonyl (C=O) groups excluding carboxylic acids is 1. The minimum absolute atomic E-state index is 0.0471. The van der Waals surface area contributed by atoms with Crippen LogP contribution in [0.5, 0.6) is 0 Å². The molecule has 30 heavy (non-hydrogen) atoms. The van der Waals surface area contributed by atoms with Crippen LogP contribution >= 0.6 is 0 Å². The normalized spacial score (nSPS) is 16.9. The summed E-state index contributed by atoms with van der Waals surface area (Å²) in [5.41, 5.74) is 3.06. The van der Waals surface area contributed by atoms with Crippen LogP contribution in [0.4, 0.5) is 0 Å². The number of aromatic amines is 1. The topological polar surface area (TPSA) is 92.6 Å². The molecular formula is C22H23N7O. The standard InChI is InChI=1S/C22H23N7O/c1-14-12-18(21-23-9-11-28(21)2)25-20(24-14)15-6-5-10-29(13-15)22(30)19-16-7-3-4-8-17(16)26-27-19/h3-4,7-9,11-12,15H,5-6,10,13H2,1-2H3,(H,26,27)/t15-/m1/s1. The average molecular weight is 401 g/mol. The molecule has 0 spiro atoms. The molecule has 1 amide bonds. The van der Waals surface area contributed by atoms with Crippen LogP contribution in [0, 0.1) is 6.92 Å². The summed E-state index contributed by atoms with van der Waals surface area (Å²) < 4.78 is 1.95. The van der Waals surface area contributed by atoms with Gasteiger partial charge in [-0.25, -0.2) is 15.0 Å². The molecule has 1 N–H and O–H groups in total. The fourth-order valence-corrected chi connectivity index (χ4v) is 4.15. The Balaban J connectivity index is 1.42. The summed E-state index contributed by atoms with van der Waals surface area (Å²) in [5, 5.41) is 8.09. The fraction of sp³-hybridized carbons (Fsp3) is 0.318. The van der Waals surface area contributed by atoms with E-state index in [1.54, 1.807) is 6.20 Å². The Morgan fingerprint density at radius 1 is 1.23 bits per heavy atom. The molecule has 0 aliphatic carbocycles. The largest absolute Gasteiger partial charge is 0.337 e. The van der Waals surface area contributed by atoms with Crippen molar-refractivity contribution >= 4 is 16.8 Å². The van der Waals surface area contributed by atoms with E-state index in [1.807, 2.05) is 60.0 Å². The number of nitrogens with one attached hydrogen (secondary N) is 1. The van der Waals surface area contributed by atoms with Crippen molar-refractivity contribution in [2.24, 2.45) is 7.05 Å². The Labute approximate surface area is 174 Å². The molecule has 4 heterocycles. The lowest BCUT2D eigenvalue weighted by Crippen LogP contribution is -2.39. The third-order valence-electron chi connectivity index (χ3n) is 5.67. The number of H-pyrrole nitrogens is 1. The van der Waals surface area contributed by atoms with Crippen LogP contribution in [-0.2, 0) is 7.05 Å². The number of carbonyl (C=O) groups is 1. The number of aromatic nitrogens is 6. The second-order valence-electron chi connectivity index (χ2n) is 7.82. The number of para-hydroxylation sites is 1. The molecule has 0 saturated carbocycles. The number of aryl methyl sites for hydroxylation is 2. The van der Waals surface area contributed by atoms with E-state index in [0.717, 1.165) is 46.8 Å². The summed E-state index contributed by atoms with van der Waals surface area (Å²) >= 11 is 0. The second-order valence-corrected chi connectivity index (χ2v) is 7.82. The van der Waals surface area contributed by atoms with Crippen LogP contribution in [0.1, 0.15) is 40.8 Å². The van der Waals surface area contributed by atoms with Gasteiger partial charge in [0.2, 0.25) is 0 Å². The summed E-state index contributed by atoms with van der Waals surface area (Å²) in [6.45, 7) is 3.28. The van der Waals surface area contributed by atoms with Gasteiger partial charge in [-0.2, -0.15) is 5.10 Å². The molecule has 0 bridgehead atoms. The molecule has 3 aromatic heterocycles. The quantitative estimate of drug-likeness (QED) is 0.569. The van der Waals surface area contributed by atoms with E-state index in [4.69, 9.17) is 9.97 Å². The molecule has 5 rings (SSSR count). The summed E-state index contributed by atoms with van der Waals surface area (Å²) in [5.74, 6) is 1.63. The van der Waals surface area contributed by atoms with Crippen LogP contribution in [0.25, 0.3) is 22.4 Å². The Morgan fingerprint density at radius 3 is 2.93 bits per heavy atom. The van der Waals surface area contributed by atoms with Gasteiger partial charge < -0.3 is 9.47 Å². The Bertz CT molecular complexity index is 1230. The zero-order valence-corrected chi connectivity index (χ0v) is 17.0. The van der Waals surface area contributed by atoms with Gasteiger partial charge in [-0.1, -0.05) is 18.2 Å². The molecule has 0 radical (unpaired) electrons. The van der Waals surface area contributed by atoms with Crippen LogP contribution in [-0.4, -0.2) is 53.6 Å². The summed E-state index contributed by atoms with van der Waals surface area (Å²) in [7, 11) is 1.95. The van der Waals surface area contributed by atoms with Gasteiger partial charge in [0.05, 0.1) is 5.52 Å². The molecule has 1 atom stereocenters. The molecule has 8 nitrogen and oxygen atoms in total. The maximum absolute atomic E-state index is 13.2. The predicted octanol–water partition coefficient (Wildman–Crippen LogP) is 3.08. The summed E-state index contributed by atoms with van der Waals surface area (Å²) in [6.07, 6.45) is 5.53. The predicted molar refractivity (Wildman–Crippen MR) is 113 cm³/mol. The molecule has 4 aromatic rings. The van der Waals surface area contributed by atoms with Crippen LogP contribution in [0.3, 0.4) is 0 Å². The van der Waals surface area contributed by atoms with Crippen molar-refractivity contribution in [2.75, 3.05) is 13.1 Å². The number of rotatable bonds is 3. The smallest absolute Gasteiger partial charge is 0.275 e. The third kappa shape index (κ3) is 3.24. The highest BCUT2D eigenvalue weighted by Gasteiger charge is 2.29. The first-order chi connectivity index (χ1) is 14.6. The van der Waals surface area contributed by atoms with Crippen molar-refractivity contribution in [1.29, 1.82) is 0 Å². The number of nitrogens with zero attached hydrogens (tertiary/aromatic N) is 6. The molecular weight excluding hydrogens is 378 g/mol. The lowest BCUT2D eigenvalue weighted by molar-refractivity contribution is 0.0700. The van der Waals surface area contributed by atoms with Crippen molar-refractivity contribution < 1.29 is 4.79 Å². The van der Waals surface area contributed by atoms with Gasteiger partial charge in [0, 0.05) is 49.5 Å². The number of likely N-dealkylation sites (tertiary alicyclic amines) is 1. The maximum Gasteiger partial charge on any atom is 0.275 e. The monoisotopic (exact) mass is 401 g/mol. The first kappa shape index (κ1) is 18.5. The minimum atomic E-state index is -0.0471. The number of amides is 1. The molecule has 1 saturated heterocycles. The lowest BCUT2D eigenvalue weighted by atomic mass is 9.96. The SMILES string of the molecule is Cc1cc(-c2nccn2C)nc([C@@H]2CCCN(C(=O)c3n[nH]c4ccccc34)C2)n1. The molecule has 1 aliphatic rings. The van der Waals surface area contributed by atoms with E-state index in [1.165, 1.54) is 0 Å². The number of benzene rings is 1. The van der Waals surface area contributed by atoms with E-state index in [0.29, 0.717) is 18.8 Å². The summed E-state index contributed by atoms with van der Waals surface area (Å²) in [6, 6.07) is 9.66. The van der Waals surface area contributed by atoms with Crippen LogP contribution < -0.4 is 0 Å². The number of fused-ring (bicyclic) bond motifs is 1. The van der Waals surface area contributed by atoms with Gasteiger partial charge in [-0.15, -0.1) is 0 Å². The number of hydrogen-bond acceptors (Lipinski definition) is 5.